The SMILES string of the molecule is CCN(C(=O)c1cc(F)cc(F)c1)C(C)(C)C(=O)O. The Morgan fingerprint density at radius 2 is 1.68 bits per heavy atom. The number of aliphatic carboxylic acids is 1. The molecule has 0 saturated carbocycles. The predicted molar refractivity (Wildman–Crippen MR) is 64.8 cm³/mol. The van der Waals surface area contributed by atoms with Gasteiger partial charge < -0.3 is 10.0 Å². The van der Waals surface area contributed by atoms with Crippen LogP contribution < -0.4 is 0 Å². The maximum atomic E-state index is 13.1. The van der Waals surface area contributed by atoms with Gasteiger partial charge >= 0.3 is 5.97 Å². The fraction of sp³-hybridized carbons (Fsp3) is 0.385. The summed E-state index contributed by atoms with van der Waals surface area (Å²) in [5.41, 5.74) is -1.68. The molecule has 1 N–H and O–H groups in total. The van der Waals surface area contributed by atoms with Crippen molar-refractivity contribution in [2.24, 2.45) is 0 Å². The van der Waals surface area contributed by atoms with E-state index in [1.54, 1.807) is 6.92 Å². The van der Waals surface area contributed by atoms with Crippen LogP contribution in [-0.4, -0.2) is 34.0 Å². The third kappa shape index (κ3) is 3.07. The van der Waals surface area contributed by atoms with Crippen LogP contribution in [0.15, 0.2) is 18.2 Å². The van der Waals surface area contributed by atoms with E-state index in [0.717, 1.165) is 17.0 Å². The van der Waals surface area contributed by atoms with Crippen LogP contribution in [0.25, 0.3) is 0 Å². The molecule has 4 nitrogen and oxygen atoms in total. The van der Waals surface area contributed by atoms with E-state index in [2.05, 4.69) is 0 Å². The summed E-state index contributed by atoms with van der Waals surface area (Å²) in [7, 11) is 0. The van der Waals surface area contributed by atoms with Crippen molar-refractivity contribution in [3.63, 3.8) is 0 Å². The van der Waals surface area contributed by atoms with Crippen LogP contribution in [0.1, 0.15) is 31.1 Å². The zero-order chi connectivity index (χ0) is 14.8. The third-order valence-corrected chi connectivity index (χ3v) is 2.87. The summed E-state index contributed by atoms with van der Waals surface area (Å²) >= 11 is 0. The summed E-state index contributed by atoms with van der Waals surface area (Å²) in [6.07, 6.45) is 0. The van der Waals surface area contributed by atoms with Crippen LogP contribution in [0.4, 0.5) is 8.78 Å². The minimum atomic E-state index is -1.46. The first-order valence-electron chi connectivity index (χ1n) is 5.71. The van der Waals surface area contributed by atoms with Crippen molar-refractivity contribution in [3.05, 3.63) is 35.4 Å². The summed E-state index contributed by atoms with van der Waals surface area (Å²) in [4.78, 5) is 24.4. The minimum Gasteiger partial charge on any atom is -0.480 e. The number of halogens is 2. The molecular weight excluding hydrogens is 256 g/mol. The highest BCUT2D eigenvalue weighted by molar-refractivity contribution is 5.97. The number of hydrogen-bond donors (Lipinski definition) is 1. The van der Waals surface area contributed by atoms with Crippen LogP contribution in [0.5, 0.6) is 0 Å². The van der Waals surface area contributed by atoms with Crippen molar-refractivity contribution < 1.29 is 23.5 Å². The van der Waals surface area contributed by atoms with E-state index in [0.29, 0.717) is 6.07 Å². The molecule has 0 spiro atoms. The Hall–Kier alpha value is -1.98. The standard InChI is InChI=1S/C13H15F2NO3/c1-4-16(13(2,3)12(18)19)11(17)8-5-9(14)7-10(15)6-8/h5-7H,4H2,1-3H3,(H,18,19). The number of carboxylic acids is 1. The summed E-state index contributed by atoms with van der Waals surface area (Å²) in [6, 6.07) is 2.41. The number of nitrogens with zero attached hydrogens (tertiary/aromatic N) is 1. The largest absolute Gasteiger partial charge is 0.480 e. The Morgan fingerprint density at radius 3 is 2.05 bits per heavy atom. The van der Waals surface area contributed by atoms with E-state index in [1.165, 1.54) is 13.8 Å². The smallest absolute Gasteiger partial charge is 0.329 e. The molecule has 0 aromatic heterocycles. The topological polar surface area (TPSA) is 57.6 Å². The zero-order valence-electron chi connectivity index (χ0n) is 10.9. The maximum Gasteiger partial charge on any atom is 0.329 e. The van der Waals surface area contributed by atoms with Gasteiger partial charge in [-0.25, -0.2) is 13.6 Å². The molecule has 0 saturated heterocycles. The number of benzene rings is 1. The Labute approximate surface area is 109 Å². The number of carbonyl (C=O) groups is 2. The van der Waals surface area contributed by atoms with Gasteiger partial charge in [-0.15, -0.1) is 0 Å². The second kappa shape index (κ2) is 5.34. The average Bonchev–Trinajstić information content (AvgIpc) is 2.27. The molecule has 0 aliphatic rings. The molecule has 1 aromatic carbocycles. The van der Waals surface area contributed by atoms with Gasteiger partial charge in [-0.05, 0) is 32.9 Å². The molecule has 0 aliphatic carbocycles. The lowest BCUT2D eigenvalue weighted by atomic mass is 10.0. The highest BCUT2D eigenvalue weighted by atomic mass is 19.1. The van der Waals surface area contributed by atoms with Gasteiger partial charge in [0.2, 0.25) is 0 Å². The first-order chi connectivity index (χ1) is 8.70. The van der Waals surface area contributed by atoms with Gasteiger partial charge in [0, 0.05) is 18.2 Å². The number of amides is 1. The van der Waals surface area contributed by atoms with Crippen LogP contribution in [0, 0.1) is 11.6 Å². The van der Waals surface area contributed by atoms with Crippen molar-refractivity contribution in [1.82, 2.24) is 4.90 Å². The molecule has 0 bridgehead atoms. The Balaban J connectivity index is 3.19. The van der Waals surface area contributed by atoms with E-state index < -0.39 is 29.0 Å². The van der Waals surface area contributed by atoms with Crippen molar-refractivity contribution in [1.29, 1.82) is 0 Å². The van der Waals surface area contributed by atoms with Crippen LogP contribution in [0.2, 0.25) is 0 Å². The number of carbonyl (C=O) groups excluding carboxylic acids is 1. The van der Waals surface area contributed by atoms with Crippen molar-refractivity contribution >= 4 is 11.9 Å². The number of likely N-dealkylation sites (N-methyl/N-ethyl adjacent to an activating group) is 1. The first-order valence-corrected chi connectivity index (χ1v) is 5.71. The molecule has 0 atom stereocenters. The Kier molecular flexibility index (Phi) is 4.24. The van der Waals surface area contributed by atoms with E-state index in [1.807, 2.05) is 0 Å². The maximum absolute atomic E-state index is 13.1. The lowest BCUT2D eigenvalue weighted by molar-refractivity contribution is -0.147. The highest BCUT2D eigenvalue weighted by Crippen LogP contribution is 2.19. The van der Waals surface area contributed by atoms with Gasteiger partial charge in [0.25, 0.3) is 5.91 Å². The number of hydrogen-bond acceptors (Lipinski definition) is 2. The fourth-order valence-corrected chi connectivity index (χ4v) is 1.74. The van der Waals surface area contributed by atoms with Gasteiger partial charge in [-0.1, -0.05) is 0 Å². The second-order valence-corrected chi connectivity index (χ2v) is 4.57. The quantitative estimate of drug-likeness (QED) is 0.914. The summed E-state index contributed by atoms with van der Waals surface area (Å²) in [6.45, 7) is 4.41. The molecule has 1 aromatic rings. The fourth-order valence-electron chi connectivity index (χ4n) is 1.74. The lowest BCUT2D eigenvalue weighted by Crippen LogP contribution is -2.52. The van der Waals surface area contributed by atoms with Crippen LogP contribution in [-0.2, 0) is 4.79 Å². The van der Waals surface area contributed by atoms with Gasteiger partial charge in [0.05, 0.1) is 0 Å². The van der Waals surface area contributed by atoms with Gasteiger partial charge in [-0.3, -0.25) is 4.79 Å². The number of rotatable bonds is 4. The molecule has 6 heteroatoms. The molecule has 104 valence electrons. The molecule has 0 unspecified atom stereocenters. The van der Waals surface area contributed by atoms with Gasteiger partial charge in [0.15, 0.2) is 0 Å². The molecule has 0 heterocycles. The van der Waals surface area contributed by atoms with E-state index in [-0.39, 0.29) is 12.1 Å². The molecule has 19 heavy (non-hydrogen) atoms. The zero-order valence-corrected chi connectivity index (χ0v) is 10.9. The second-order valence-electron chi connectivity index (χ2n) is 4.57. The minimum absolute atomic E-state index is 0.107. The van der Waals surface area contributed by atoms with Crippen LogP contribution >= 0.6 is 0 Å². The number of carboxylic acid groups (broad SMARTS) is 1. The third-order valence-electron chi connectivity index (χ3n) is 2.87. The summed E-state index contributed by atoms with van der Waals surface area (Å²) < 4.78 is 26.2. The normalized spacial score (nSPS) is 11.2. The van der Waals surface area contributed by atoms with Crippen molar-refractivity contribution in [2.75, 3.05) is 6.54 Å². The van der Waals surface area contributed by atoms with Gasteiger partial charge in [-0.2, -0.15) is 0 Å². The van der Waals surface area contributed by atoms with Gasteiger partial charge in [0.1, 0.15) is 17.2 Å². The molecule has 0 radical (unpaired) electrons. The summed E-state index contributed by atoms with van der Waals surface area (Å²) in [5, 5.41) is 9.11. The first kappa shape index (κ1) is 15.1. The van der Waals surface area contributed by atoms with Crippen molar-refractivity contribution in [2.45, 2.75) is 26.3 Å². The Bertz CT molecular complexity index is 494. The molecular formula is C13H15F2NO3. The highest BCUT2D eigenvalue weighted by Gasteiger charge is 2.37. The molecule has 1 rings (SSSR count). The molecule has 1 amide bonds. The molecule has 0 fully saturated rings. The lowest BCUT2D eigenvalue weighted by Gasteiger charge is -2.34. The van der Waals surface area contributed by atoms with E-state index in [4.69, 9.17) is 5.11 Å². The summed E-state index contributed by atoms with van der Waals surface area (Å²) in [5.74, 6) is -3.69. The van der Waals surface area contributed by atoms with Crippen LogP contribution in [0.3, 0.4) is 0 Å². The Morgan fingerprint density at radius 1 is 1.21 bits per heavy atom. The monoisotopic (exact) mass is 271 g/mol. The van der Waals surface area contributed by atoms with Crippen molar-refractivity contribution in [3.8, 4) is 0 Å². The predicted octanol–water partition coefficient (Wildman–Crippen LogP) is 2.29. The van der Waals surface area contributed by atoms with E-state index >= 15 is 0 Å². The average molecular weight is 271 g/mol. The molecule has 0 aliphatic heterocycles. The van der Waals surface area contributed by atoms with E-state index in [9.17, 15) is 18.4 Å².